The van der Waals surface area contributed by atoms with Crippen LogP contribution in [-0.4, -0.2) is 159 Å². The highest BCUT2D eigenvalue weighted by Crippen LogP contribution is 2.33. The van der Waals surface area contributed by atoms with E-state index in [1.807, 2.05) is 0 Å². The number of aliphatic carboxylic acids is 2. The molecule has 0 saturated carbocycles. The molecular weight excluding hydrogens is 528 g/mol. The lowest BCUT2D eigenvalue weighted by molar-refractivity contribution is -0.365. The molecule has 3 rings (SSSR count). The maximum atomic E-state index is 12.5. The summed E-state index contributed by atoms with van der Waals surface area (Å²) in [5.41, 5.74) is 0. The Labute approximate surface area is 213 Å². The zero-order valence-corrected chi connectivity index (χ0v) is 20.0. The zero-order chi connectivity index (χ0) is 28.5. The molecule has 218 valence electrons. The van der Waals surface area contributed by atoms with Crippen molar-refractivity contribution in [2.24, 2.45) is 0 Å². The molecule has 0 spiro atoms. The van der Waals surface area contributed by atoms with E-state index in [0.717, 1.165) is 14.2 Å². The third-order valence-electron chi connectivity index (χ3n) is 6.28. The fourth-order valence-electron chi connectivity index (χ4n) is 4.21. The quantitative estimate of drug-likeness (QED) is 0.129. The third-order valence-corrected chi connectivity index (χ3v) is 6.28. The average Bonchev–Trinajstić information content (AvgIpc) is 2.87. The smallest absolute Gasteiger partial charge is 0.337 e. The monoisotopic (exact) mass is 558 g/mol. The molecule has 14 atom stereocenters. The molecule has 3 aliphatic rings. The number of aliphatic hydroxyl groups excluding tert-OH is 6. The number of carboxylic acids is 2. The second kappa shape index (κ2) is 12.4. The number of carbonyl (C=O) groups is 3. The Bertz CT molecular complexity index is 854. The zero-order valence-electron chi connectivity index (χ0n) is 20.0. The van der Waals surface area contributed by atoms with Crippen molar-refractivity contribution in [1.82, 2.24) is 0 Å². The fraction of sp³-hybridized carbons (Fsp3) is 0.850. The number of methoxy groups -OCH3 is 2. The Kier molecular flexibility index (Phi) is 9.95. The van der Waals surface area contributed by atoms with Crippen LogP contribution in [0.25, 0.3) is 0 Å². The van der Waals surface area contributed by atoms with Crippen LogP contribution < -0.4 is 0 Å². The van der Waals surface area contributed by atoms with Crippen molar-refractivity contribution in [3.63, 3.8) is 0 Å². The van der Waals surface area contributed by atoms with E-state index in [4.69, 9.17) is 28.4 Å². The number of ether oxygens (including phenoxy) is 7. The predicted molar refractivity (Wildman–Crippen MR) is 111 cm³/mol. The van der Waals surface area contributed by atoms with E-state index in [9.17, 15) is 55.2 Å². The van der Waals surface area contributed by atoms with Gasteiger partial charge in [-0.15, -0.1) is 0 Å². The summed E-state index contributed by atoms with van der Waals surface area (Å²) in [4.78, 5) is 35.4. The predicted octanol–water partition coefficient (Wildman–Crippen LogP) is -5.52. The Morgan fingerprint density at radius 3 is 1.66 bits per heavy atom. The van der Waals surface area contributed by atoms with E-state index in [2.05, 4.69) is 4.74 Å². The van der Waals surface area contributed by atoms with Gasteiger partial charge in [0, 0.05) is 13.5 Å². The SMILES string of the molecule is COC(=O)C1OC(OC2C(C(=O)O)OC(OC)C(O)C2O)C(O)C(O)C1OC1OC(C(=O)O)CC(O)C1O. The summed E-state index contributed by atoms with van der Waals surface area (Å²) in [5.74, 6) is -4.37. The van der Waals surface area contributed by atoms with Crippen molar-refractivity contribution >= 4 is 17.9 Å². The summed E-state index contributed by atoms with van der Waals surface area (Å²) >= 11 is 0. The molecule has 8 N–H and O–H groups in total. The molecule has 3 fully saturated rings. The standard InChI is InChI=1S/C20H30O18/c1-32-17(31)14-12(36-19-6(22)4(21)3-5(34-19)15(27)28)8(24)10(26)20(38-14)35-11-7(23)9(25)18(33-2)37-13(11)16(29)30/h4-14,18-26H,3H2,1-2H3,(H,27,28)(H,29,30). The number of esters is 1. The maximum Gasteiger partial charge on any atom is 0.337 e. The van der Waals surface area contributed by atoms with Gasteiger partial charge in [-0.05, 0) is 0 Å². The number of carbonyl (C=O) groups excluding carboxylic acids is 1. The highest BCUT2D eigenvalue weighted by atomic mass is 16.8. The second-order valence-electron chi connectivity index (χ2n) is 8.74. The van der Waals surface area contributed by atoms with Gasteiger partial charge in [-0.3, -0.25) is 0 Å². The first-order valence-corrected chi connectivity index (χ1v) is 11.2. The minimum atomic E-state index is -2.12. The van der Waals surface area contributed by atoms with Crippen molar-refractivity contribution in [1.29, 1.82) is 0 Å². The third kappa shape index (κ3) is 6.06. The van der Waals surface area contributed by atoms with Crippen LogP contribution in [0.1, 0.15) is 6.42 Å². The van der Waals surface area contributed by atoms with Gasteiger partial charge in [-0.25, -0.2) is 14.4 Å². The van der Waals surface area contributed by atoms with Gasteiger partial charge in [0.15, 0.2) is 37.2 Å². The second-order valence-corrected chi connectivity index (χ2v) is 8.74. The number of carboxylic acid groups (broad SMARTS) is 2. The van der Waals surface area contributed by atoms with Gasteiger partial charge in [0.1, 0.15) is 42.7 Å². The molecule has 18 nitrogen and oxygen atoms in total. The van der Waals surface area contributed by atoms with Gasteiger partial charge < -0.3 is 74.0 Å². The van der Waals surface area contributed by atoms with Crippen molar-refractivity contribution in [2.75, 3.05) is 14.2 Å². The average molecular weight is 558 g/mol. The van der Waals surface area contributed by atoms with Crippen LogP contribution in [-0.2, 0) is 47.5 Å². The number of aliphatic hydroxyl groups is 6. The fourth-order valence-corrected chi connectivity index (χ4v) is 4.21. The molecule has 3 saturated heterocycles. The van der Waals surface area contributed by atoms with Crippen LogP contribution in [0.4, 0.5) is 0 Å². The summed E-state index contributed by atoms with van der Waals surface area (Å²) < 4.78 is 35.6. The molecule has 0 bridgehead atoms. The van der Waals surface area contributed by atoms with Gasteiger partial charge in [-0.2, -0.15) is 0 Å². The van der Waals surface area contributed by atoms with Gasteiger partial charge in [0.2, 0.25) is 0 Å². The largest absolute Gasteiger partial charge is 0.479 e. The van der Waals surface area contributed by atoms with Gasteiger partial charge in [-0.1, -0.05) is 0 Å². The molecule has 0 radical (unpaired) electrons. The summed E-state index contributed by atoms with van der Waals surface area (Å²) in [6.07, 6.45) is -26.8. The minimum Gasteiger partial charge on any atom is -0.479 e. The minimum absolute atomic E-state index is 0.495. The van der Waals surface area contributed by atoms with E-state index in [1.54, 1.807) is 0 Å². The van der Waals surface area contributed by atoms with Crippen molar-refractivity contribution < 1.29 is 88.4 Å². The lowest BCUT2D eigenvalue weighted by atomic mass is 9.96. The number of hydrogen-bond donors (Lipinski definition) is 8. The number of hydrogen-bond acceptors (Lipinski definition) is 16. The molecule has 14 unspecified atom stereocenters. The van der Waals surface area contributed by atoms with Crippen LogP contribution in [0.3, 0.4) is 0 Å². The van der Waals surface area contributed by atoms with Gasteiger partial charge >= 0.3 is 17.9 Å². The Morgan fingerprint density at radius 1 is 0.658 bits per heavy atom. The van der Waals surface area contributed by atoms with Gasteiger partial charge in [0.25, 0.3) is 0 Å². The Balaban J connectivity index is 1.83. The highest BCUT2D eigenvalue weighted by Gasteiger charge is 2.56. The van der Waals surface area contributed by atoms with Gasteiger partial charge in [0.05, 0.1) is 13.2 Å². The highest BCUT2D eigenvalue weighted by molar-refractivity contribution is 5.76. The molecule has 0 aliphatic carbocycles. The molecule has 38 heavy (non-hydrogen) atoms. The van der Waals surface area contributed by atoms with Crippen molar-refractivity contribution in [3.05, 3.63) is 0 Å². The van der Waals surface area contributed by atoms with Crippen LogP contribution >= 0.6 is 0 Å². The Morgan fingerprint density at radius 2 is 1.16 bits per heavy atom. The molecule has 0 aromatic carbocycles. The summed E-state index contributed by atoms with van der Waals surface area (Å²) in [7, 11) is 2.00. The molecule has 3 heterocycles. The van der Waals surface area contributed by atoms with Crippen LogP contribution in [0.5, 0.6) is 0 Å². The summed E-state index contributed by atoms with van der Waals surface area (Å²) in [6, 6.07) is 0. The van der Waals surface area contributed by atoms with Crippen LogP contribution in [0.2, 0.25) is 0 Å². The first kappa shape index (κ1) is 30.5. The Hall–Kier alpha value is -2.07. The molecule has 0 aromatic heterocycles. The van der Waals surface area contributed by atoms with E-state index >= 15 is 0 Å². The van der Waals surface area contributed by atoms with E-state index in [0.29, 0.717) is 0 Å². The maximum absolute atomic E-state index is 12.5. The van der Waals surface area contributed by atoms with Crippen molar-refractivity contribution in [2.45, 2.75) is 92.4 Å². The molecule has 0 aromatic rings. The van der Waals surface area contributed by atoms with E-state index in [-0.39, 0.29) is 0 Å². The lowest BCUT2D eigenvalue weighted by Crippen LogP contribution is -2.67. The summed E-state index contributed by atoms with van der Waals surface area (Å²) in [5, 5.41) is 80.8. The summed E-state index contributed by atoms with van der Waals surface area (Å²) in [6.45, 7) is 0. The topological polar surface area (TPSA) is 278 Å². The lowest BCUT2D eigenvalue weighted by Gasteiger charge is -2.46. The molecule has 3 aliphatic heterocycles. The van der Waals surface area contributed by atoms with Crippen LogP contribution in [0.15, 0.2) is 0 Å². The molecule has 0 amide bonds. The van der Waals surface area contributed by atoms with E-state index < -0.39 is 110 Å². The first-order valence-electron chi connectivity index (χ1n) is 11.2. The molecular formula is C20H30O18. The van der Waals surface area contributed by atoms with E-state index in [1.165, 1.54) is 0 Å². The van der Waals surface area contributed by atoms with Crippen molar-refractivity contribution in [3.8, 4) is 0 Å². The molecule has 18 heteroatoms. The number of rotatable bonds is 8. The van der Waals surface area contributed by atoms with Crippen LogP contribution in [0, 0.1) is 0 Å². The normalized spacial score (nSPS) is 45.8. The first-order chi connectivity index (χ1) is 17.8.